The van der Waals surface area contributed by atoms with Gasteiger partial charge in [0.05, 0.1) is 6.61 Å². The number of aliphatic hydroxyl groups is 1. The molecule has 0 heterocycles. The molecule has 2 heteroatoms. The minimum absolute atomic E-state index is 0.0376. The maximum absolute atomic E-state index is 12.9. The van der Waals surface area contributed by atoms with Crippen LogP contribution >= 0.6 is 0 Å². The summed E-state index contributed by atoms with van der Waals surface area (Å²) in [5, 5.41) is 11.1. The van der Waals surface area contributed by atoms with Gasteiger partial charge in [0.2, 0.25) is 0 Å². The molecule has 0 amide bonds. The molecule has 0 saturated heterocycles. The highest BCUT2D eigenvalue weighted by atomic mass is 16.3. The van der Waals surface area contributed by atoms with Crippen molar-refractivity contribution in [3.05, 3.63) is 11.6 Å². The predicted molar refractivity (Wildman–Crippen MR) is 127 cm³/mol. The summed E-state index contributed by atoms with van der Waals surface area (Å²) in [6.07, 6.45) is 14.4. The monoisotopic (exact) mass is 426 g/mol. The summed E-state index contributed by atoms with van der Waals surface area (Å²) in [7, 11) is 0. The molecular weight excluding hydrogens is 380 g/mol. The van der Waals surface area contributed by atoms with Crippen LogP contribution in [0.5, 0.6) is 0 Å². The summed E-state index contributed by atoms with van der Waals surface area (Å²) in [5.41, 5.74) is 2.21. The molecule has 0 bridgehead atoms. The average Bonchev–Trinajstić information content (AvgIpc) is 2.70. The first-order chi connectivity index (χ1) is 14.4. The van der Waals surface area contributed by atoms with Gasteiger partial charge in [-0.25, -0.2) is 0 Å². The summed E-state index contributed by atoms with van der Waals surface area (Å²) in [5.74, 6) is 3.05. The van der Waals surface area contributed by atoms with E-state index in [0.717, 1.165) is 31.6 Å². The minimum Gasteiger partial charge on any atom is -0.395 e. The summed E-state index contributed by atoms with van der Waals surface area (Å²) < 4.78 is 0. The Morgan fingerprint density at radius 2 is 1.65 bits per heavy atom. The molecule has 174 valence electrons. The number of rotatable bonds is 1. The predicted octanol–water partition coefficient (Wildman–Crippen LogP) is 6.96. The van der Waals surface area contributed by atoms with E-state index >= 15 is 0 Å². The molecule has 4 saturated carbocycles. The van der Waals surface area contributed by atoms with Crippen molar-refractivity contribution >= 4 is 5.78 Å². The van der Waals surface area contributed by atoms with Gasteiger partial charge in [-0.3, -0.25) is 4.79 Å². The maximum atomic E-state index is 12.9. The van der Waals surface area contributed by atoms with Crippen LogP contribution in [0.3, 0.4) is 0 Å². The van der Waals surface area contributed by atoms with Crippen molar-refractivity contribution in [2.24, 2.45) is 50.7 Å². The third-order valence-electron chi connectivity index (χ3n) is 12.2. The zero-order chi connectivity index (χ0) is 22.4. The standard InChI is InChI=1S/C29H46O2/c1-25(2)13-9-19-10-16-29(18-30)21(20(19)17-25)7-8-23-27(5)14-12-24(31)26(3,4)22(27)11-15-28(23,29)6/h7,19-20,22-23,30H,8-18H2,1-6H3/t19-,20-,22?,23-,27+,28-,29+/m1/s1. The molecule has 5 aliphatic rings. The fraction of sp³-hybridized carbons (Fsp3) is 0.897. The second-order valence-corrected chi connectivity index (χ2v) is 14.2. The third-order valence-corrected chi connectivity index (χ3v) is 12.2. The zero-order valence-electron chi connectivity index (χ0n) is 21.0. The SMILES string of the molecule is CC1(C)CC[C@@H]2CC[C@]3(CO)C(=CC[C@@H]4[C@@]5(C)CCC(=O)C(C)(C)C5CC[C@]43C)[C@@H]2C1. The molecule has 0 aliphatic heterocycles. The number of fused-ring (bicyclic) bond motifs is 7. The Labute approximate surface area is 190 Å². The van der Waals surface area contributed by atoms with Gasteiger partial charge in [0.25, 0.3) is 0 Å². The largest absolute Gasteiger partial charge is 0.395 e. The second-order valence-electron chi connectivity index (χ2n) is 14.2. The Balaban J connectivity index is 1.59. The van der Waals surface area contributed by atoms with Crippen LogP contribution in [0.1, 0.15) is 106 Å². The normalized spacial score (nSPS) is 50.4. The Bertz CT molecular complexity index is 806. The van der Waals surface area contributed by atoms with E-state index in [1.807, 2.05) is 0 Å². The number of aliphatic hydroxyl groups excluding tert-OH is 1. The van der Waals surface area contributed by atoms with Crippen LogP contribution in [0.15, 0.2) is 11.6 Å². The molecule has 31 heavy (non-hydrogen) atoms. The van der Waals surface area contributed by atoms with Gasteiger partial charge in [-0.05, 0) is 97.7 Å². The highest BCUT2D eigenvalue weighted by Gasteiger charge is 2.68. The molecule has 4 fully saturated rings. The van der Waals surface area contributed by atoms with Crippen molar-refractivity contribution in [3.8, 4) is 0 Å². The molecule has 0 spiro atoms. The van der Waals surface area contributed by atoms with Crippen LogP contribution in [0.2, 0.25) is 0 Å². The van der Waals surface area contributed by atoms with E-state index in [1.165, 1.54) is 38.5 Å². The molecule has 0 radical (unpaired) electrons. The fourth-order valence-corrected chi connectivity index (χ4v) is 10.3. The molecule has 5 rings (SSSR count). The molecule has 0 aromatic rings. The van der Waals surface area contributed by atoms with E-state index in [0.29, 0.717) is 35.6 Å². The molecule has 0 aromatic carbocycles. The third kappa shape index (κ3) is 2.75. The van der Waals surface area contributed by atoms with Gasteiger partial charge in [-0.1, -0.05) is 53.2 Å². The van der Waals surface area contributed by atoms with Crippen molar-refractivity contribution < 1.29 is 9.90 Å². The molecule has 0 aromatic heterocycles. The summed E-state index contributed by atoms with van der Waals surface area (Å²) in [4.78, 5) is 12.9. The van der Waals surface area contributed by atoms with Crippen LogP contribution in [-0.4, -0.2) is 17.5 Å². The lowest BCUT2D eigenvalue weighted by atomic mass is 9.34. The lowest BCUT2D eigenvalue weighted by Gasteiger charge is -2.70. The lowest BCUT2D eigenvalue weighted by molar-refractivity contribution is -0.190. The first kappa shape index (κ1) is 22.2. The maximum Gasteiger partial charge on any atom is 0.138 e. The number of carbonyl (C=O) groups excluding carboxylic acids is 1. The van der Waals surface area contributed by atoms with Crippen molar-refractivity contribution in [1.82, 2.24) is 0 Å². The van der Waals surface area contributed by atoms with Crippen LogP contribution in [0.25, 0.3) is 0 Å². The number of ketones is 1. The van der Waals surface area contributed by atoms with Gasteiger partial charge >= 0.3 is 0 Å². The van der Waals surface area contributed by atoms with E-state index in [-0.39, 0.29) is 21.7 Å². The van der Waals surface area contributed by atoms with Gasteiger partial charge in [0, 0.05) is 17.3 Å². The summed E-state index contributed by atoms with van der Waals surface area (Å²) in [6.45, 7) is 14.8. The molecule has 1 unspecified atom stereocenters. The van der Waals surface area contributed by atoms with Crippen LogP contribution in [0, 0.1) is 50.7 Å². The highest BCUT2D eigenvalue weighted by Crippen LogP contribution is 2.74. The molecule has 1 N–H and O–H groups in total. The lowest BCUT2D eigenvalue weighted by Crippen LogP contribution is -2.64. The smallest absolute Gasteiger partial charge is 0.138 e. The minimum atomic E-state index is -0.199. The number of hydrogen-bond acceptors (Lipinski definition) is 2. The molecule has 7 atom stereocenters. The van der Waals surface area contributed by atoms with Crippen LogP contribution in [0.4, 0.5) is 0 Å². The second kappa shape index (κ2) is 6.71. The van der Waals surface area contributed by atoms with Crippen molar-refractivity contribution in [3.63, 3.8) is 0 Å². The van der Waals surface area contributed by atoms with E-state index < -0.39 is 0 Å². The quantitative estimate of drug-likeness (QED) is 0.460. The topological polar surface area (TPSA) is 37.3 Å². The fourth-order valence-electron chi connectivity index (χ4n) is 10.3. The number of hydrogen-bond donors (Lipinski definition) is 1. The van der Waals surface area contributed by atoms with E-state index in [1.54, 1.807) is 5.57 Å². The van der Waals surface area contributed by atoms with Crippen molar-refractivity contribution in [2.45, 2.75) is 106 Å². The van der Waals surface area contributed by atoms with Crippen LogP contribution in [-0.2, 0) is 4.79 Å². The van der Waals surface area contributed by atoms with Gasteiger partial charge in [0.15, 0.2) is 0 Å². The Hall–Kier alpha value is -0.630. The van der Waals surface area contributed by atoms with Gasteiger partial charge < -0.3 is 5.11 Å². The Morgan fingerprint density at radius 1 is 0.935 bits per heavy atom. The van der Waals surface area contributed by atoms with E-state index in [4.69, 9.17) is 0 Å². The Morgan fingerprint density at radius 3 is 2.35 bits per heavy atom. The van der Waals surface area contributed by atoms with Gasteiger partial charge in [0.1, 0.15) is 5.78 Å². The van der Waals surface area contributed by atoms with Gasteiger partial charge in [-0.2, -0.15) is 0 Å². The molecule has 5 aliphatic carbocycles. The van der Waals surface area contributed by atoms with Crippen molar-refractivity contribution in [1.29, 1.82) is 0 Å². The van der Waals surface area contributed by atoms with E-state index in [2.05, 4.69) is 47.6 Å². The van der Waals surface area contributed by atoms with E-state index in [9.17, 15) is 9.90 Å². The summed E-state index contributed by atoms with van der Waals surface area (Å²) in [6, 6.07) is 0. The van der Waals surface area contributed by atoms with Gasteiger partial charge in [-0.15, -0.1) is 0 Å². The molecular formula is C29H46O2. The number of allylic oxidation sites excluding steroid dienone is 1. The average molecular weight is 427 g/mol. The molecule has 2 nitrogen and oxygen atoms in total. The first-order valence-electron chi connectivity index (χ1n) is 13.3. The zero-order valence-corrected chi connectivity index (χ0v) is 21.0. The summed E-state index contributed by atoms with van der Waals surface area (Å²) >= 11 is 0. The first-order valence-corrected chi connectivity index (χ1v) is 13.3. The van der Waals surface area contributed by atoms with Crippen LogP contribution < -0.4 is 0 Å². The number of Topliss-reactive ketones (excluding diaryl/α,β-unsaturated/α-hetero) is 1. The van der Waals surface area contributed by atoms with Crippen molar-refractivity contribution in [2.75, 3.05) is 6.61 Å². The highest BCUT2D eigenvalue weighted by molar-refractivity contribution is 5.85. The Kier molecular flexibility index (Phi) is 4.80. The number of carbonyl (C=O) groups is 1.